The second kappa shape index (κ2) is 10.7. The van der Waals surface area contributed by atoms with Crippen molar-refractivity contribution < 1.29 is 9.90 Å². The van der Waals surface area contributed by atoms with Crippen molar-refractivity contribution in [1.29, 1.82) is 0 Å². The molecule has 21 heavy (non-hydrogen) atoms. The number of hydrogen-bond donors (Lipinski definition) is 1. The lowest BCUT2D eigenvalue weighted by Crippen LogP contribution is -1.76. The van der Waals surface area contributed by atoms with Crippen molar-refractivity contribution in [2.45, 2.75) is 39.0 Å². The summed E-state index contributed by atoms with van der Waals surface area (Å²) in [5, 5.41) is 9.53. The van der Waals surface area contributed by atoms with Crippen LogP contribution >= 0.6 is 0 Å². The average Bonchev–Trinajstić information content (AvgIpc) is 2.51. The Morgan fingerprint density at radius 2 is 1.71 bits per heavy atom. The predicted molar refractivity (Wildman–Crippen MR) is 90.4 cm³/mol. The molecule has 2 rings (SSSR count). The number of fused-ring (bicyclic) bond motifs is 1. The molecule has 0 saturated carbocycles. The van der Waals surface area contributed by atoms with Crippen LogP contribution < -0.4 is 0 Å². The Hall–Kier alpha value is -2.09. The fourth-order valence-corrected chi connectivity index (χ4v) is 2.22. The van der Waals surface area contributed by atoms with Gasteiger partial charge in [0.15, 0.2) is 0 Å². The van der Waals surface area contributed by atoms with Gasteiger partial charge in [-0.2, -0.15) is 0 Å². The Morgan fingerprint density at radius 1 is 1.00 bits per heavy atom. The largest absolute Gasteiger partial charge is 0.483 e. The molecule has 2 aromatic carbocycles. The van der Waals surface area contributed by atoms with Gasteiger partial charge in [0.2, 0.25) is 0 Å². The minimum absolute atomic E-state index is 0.250. The lowest BCUT2D eigenvalue weighted by Gasteiger charge is -1.99. The molecule has 0 aliphatic carbocycles. The van der Waals surface area contributed by atoms with E-state index < -0.39 is 0 Å². The van der Waals surface area contributed by atoms with Crippen LogP contribution in [-0.4, -0.2) is 11.6 Å². The maximum absolute atomic E-state index is 8.36. The molecule has 0 amide bonds. The SMILES string of the molecule is CCCCCC/C=C/c1ccc2ccccc2c1.O=CO. The number of hydrogen-bond acceptors (Lipinski definition) is 1. The van der Waals surface area contributed by atoms with Crippen LogP contribution in [0.4, 0.5) is 0 Å². The summed E-state index contributed by atoms with van der Waals surface area (Å²) < 4.78 is 0. The second-order valence-electron chi connectivity index (χ2n) is 4.96. The maximum atomic E-state index is 8.36. The van der Waals surface area contributed by atoms with E-state index in [-0.39, 0.29) is 6.47 Å². The normalized spacial score (nSPS) is 10.3. The van der Waals surface area contributed by atoms with Gasteiger partial charge in [-0.25, -0.2) is 0 Å². The lowest BCUT2D eigenvalue weighted by molar-refractivity contribution is -0.122. The Morgan fingerprint density at radius 3 is 2.43 bits per heavy atom. The zero-order chi connectivity index (χ0) is 15.3. The van der Waals surface area contributed by atoms with E-state index in [0.717, 1.165) is 0 Å². The van der Waals surface area contributed by atoms with Crippen molar-refractivity contribution >= 4 is 23.3 Å². The van der Waals surface area contributed by atoms with E-state index >= 15 is 0 Å². The number of carboxylic acid groups (broad SMARTS) is 1. The number of unbranched alkanes of at least 4 members (excludes halogenated alkanes) is 4. The molecule has 0 aliphatic heterocycles. The molecule has 0 aromatic heterocycles. The zero-order valence-electron chi connectivity index (χ0n) is 12.7. The Kier molecular flexibility index (Phi) is 8.62. The van der Waals surface area contributed by atoms with Gasteiger partial charge >= 0.3 is 0 Å². The van der Waals surface area contributed by atoms with E-state index in [1.54, 1.807) is 0 Å². The summed E-state index contributed by atoms with van der Waals surface area (Å²) in [7, 11) is 0. The third-order valence-corrected chi connectivity index (χ3v) is 3.31. The molecule has 0 fully saturated rings. The Bertz CT molecular complexity index is 558. The van der Waals surface area contributed by atoms with Crippen LogP contribution in [0.1, 0.15) is 44.6 Å². The van der Waals surface area contributed by atoms with Crippen molar-refractivity contribution in [3.05, 3.63) is 54.1 Å². The van der Waals surface area contributed by atoms with E-state index in [4.69, 9.17) is 9.90 Å². The molecule has 0 aliphatic rings. The highest BCUT2D eigenvalue weighted by atomic mass is 16.3. The number of allylic oxidation sites excluding steroid dienone is 1. The summed E-state index contributed by atoms with van der Waals surface area (Å²) >= 11 is 0. The number of rotatable bonds is 6. The van der Waals surface area contributed by atoms with Gasteiger partial charge in [0.25, 0.3) is 6.47 Å². The fourth-order valence-electron chi connectivity index (χ4n) is 2.22. The van der Waals surface area contributed by atoms with Crippen LogP contribution in [0.3, 0.4) is 0 Å². The molecule has 1 N–H and O–H groups in total. The van der Waals surface area contributed by atoms with Crippen molar-refractivity contribution in [3.8, 4) is 0 Å². The van der Waals surface area contributed by atoms with Crippen molar-refractivity contribution in [2.75, 3.05) is 0 Å². The first-order valence-corrected chi connectivity index (χ1v) is 7.55. The van der Waals surface area contributed by atoms with Gasteiger partial charge in [-0.1, -0.05) is 74.7 Å². The number of carbonyl (C=O) groups is 1. The number of benzene rings is 2. The van der Waals surface area contributed by atoms with Gasteiger partial charge in [0, 0.05) is 0 Å². The van der Waals surface area contributed by atoms with Gasteiger partial charge < -0.3 is 5.11 Å². The van der Waals surface area contributed by atoms with Crippen molar-refractivity contribution in [1.82, 2.24) is 0 Å². The third-order valence-electron chi connectivity index (χ3n) is 3.31. The van der Waals surface area contributed by atoms with Crippen LogP contribution in [0, 0.1) is 0 Å². The summed E-state index contributed by atoms with van der Waals surface area (Å²) in [6.07, 6.45) is 11.1. The third kappa shape index (κ3) is 6.75. The van der Waals surface area contributed by atoms with Crippen LogP contribution in [0.15, 0.2) is 48.5 Å². The molecule has 2 nitrogen and oxygen atoms in total. The molecule has 0 saturated heterocycles. The molecule has 0 unspecified atom stereocenters. The quantitative estimate of drug-likeness (QED) is 0.560. The highest BCUT2D eigenvalue weighted by Gasteiger charge is 1.92. The van der Waals surface area contributed by atoms with Crippen LogP contribution in [-0.2, 0) is 4.79 Å². The Labute approximate surface area is 127 Å². The van der Waals surface area contributed by atoms with Gasteiger partial charge in [0.1, 0.15) is 0 Å². The van der Waals surface area contributed by atoms with Crippen molar-refractivity contribution in [2.24, 2.45) is 0 Å². The predicted octanol–water partition coefficient (Wildman–Crippen LogP) is 5.52. The molecule has 2 aromatic rings. The van der Waals surface area contributed by atoms with E-state index in [0.29, 0.717) is 0 Å². The first-order valence-electron chi connectivity index (χ1n) is 7.55. The smallest absolute Gasteiger partial charge is 0.290 e. The standard InChI is InChI=1S/C18H22.CH2O2/c1-2-3-4-5-6-7-10-16-13-14-17-11-8-9-12-18(17)15-16;2-1-3/h7-15H,2-6H2,1H3;1H,(H,2,3)/b10-7+;. The second-order valence-corrected chi connectivity index (χ2v) is 4.96. The molecular formula is C19H24O2. The topological polar surface area (TPSA) is 37.3 Å². The van der Waals surface area contributed by atoms with Gasteiger partial charge in [0.05, 0.1) is 0 Å². The summed E-state index contributed by atoms with van der Waals surface area (Å²) in [6.45, 7) is 2.00. The van der Waals surface area contributed by atoms with E-state index in [9.17, 15) is 0 Å². The first-order chi connectivity index (χ1) is 10.3. The summed E-state index contributed by atoms with van der Waals surface area (Å²) in [4.78, 5) is 8.36. The molecule has 0 bridgehead atoms. The summed E-state index contributed by atoms with van der Waals surface area (Å²) in [5.74, 6) is 0. The molecule has 2 heteroatoms. The van der Waals surface area contributed by atoms with Crippen LogP contribution in [0.2, 0.25) is 0 Å². The zero-order valence-corrected chi connectivity index (χ0v) is 12.7. The molecule has 0 atom stereocenters. The Balaban J connectivity index is 0.000000677. The summed E-state index contributed by atoms with van der Waals surface area (Å²) in [6, 6.07) is 15.2. The van der Waals surface area contributed by atoms with Gasteiger partial charge in [-0.15, -0.1) is 0 Å². The minimum Gasteiger partial charge on any atom is -0.483 e. The average molecular weight is 284 g/mol. The molecular weight excluding hydrogens is 260 g/mol. The van der Waals surface area contributed by atoms with Crippen molar-refractivity contribution in [3.63, 3.8) is 0 Å². The molecule has 0 radical (unpaired) electrons. The van der Waals surface area contributed by atoms with Gasteiger partial charge in [-0.05, 0) is 35.2 Å². The molecule has 0 heterocycles. The minimum atomic E-state index is -0.250. The van der Waals surface area contributed by atoms with E-state index in [1.807, 2.05) is 0 Å². The van der Waals surface area contributed by atoms with Crippen LogP contribution in [0.5, 0.6) is 0 Å². The summed E-state index contributed by atoms with van der Waals surface area (Å²) in [5.41, 5.74) is 1.31. The maximum Gasteiger partial charge on any atom is 0.290 e. The lowest BCUT2D eigenvalue weighted by atomic mass is 10.1. The van der Waals surface area contributed by atoms with E-state index in [1.165, 1.54) is 48.4 Å². The highest BCUT2D eigenvalue weighted by molar-refractivity contribution is 5.84. The van der Waals surface area contributed by atoms with Gasteiger partial charge in [-0.3, -0.25) is 4.79 Å². The first kappa shape index (κ1) is 17.0. The monoisotopic (exact) mass is 284 g/mol. The fraction of sp³-hybridized carbons (Fsp3) is 0.316. The van der Waals surface area contributed by atoms with Crippen LogP contribution in [0.25, 0.3) is 16.8 Å². The highest BCUT2D eigenvalue weighted by Crippen LogP contribution is 2.16. The van der Waals surface area contributed by atoms with E-state index in [2.05, 4.69) is 61.5 Å². The molecule has 0 spiro atoms. The molecule has 112 valence electrons.